The lowest BCUT2D eigenvalue weighted by Crippen LogP contribution is -2.59. The molecule has 1 aromatic heterocycles. The van der Waals surface area contributed by atoms with Gasteiger partial charge in [0.1, 0.15) is 11.3 Å². The molecule has 0 atom stereocenters. The van der Waals surface area contributed by atoms with Gasteiger partial charge in [-0.1, -0.05) is 28.1 Å². The highest BCUT2D eigenvalue weighted by molar-refractivity contribution is 9.10. The Hall–Kier alpha value is -2.44. The number of halogens is 1. The van der Waals surface area contributed by atoms with Gasteiger partial charge in [-0.3, -0.25) is 9.78 Å². The van der Waals surface area contributed by atoms with Crippen LogP contribution < -0.4 is 10.1 Å². The van der Waals surface area contributed by atoms with Crippen molar-refractivity contribution in [1.82, 2.24) is 10.3 Å². The maximum absolute atomic E-state index is 13.1. The third-order valence-corrected chi connectivity index (χ3v) is 5.40. The molecule has 0 aliphatic carbocycles. The van der Waals surface area contributed by atoms with E-state index >= 15 is 0 Å². The van der Waals surface area contributed by atoms with Gasteiger partial charge in [-0.2, -0.15) is 0 Å². The molecule has 4 rings (SSSR count). The van der Waals surface area contributed by atoms with E-state index in [1.165, 1.54) is 0 Å². The van der Waals surface area contributed by atoms with Crippen LogP contribution in [0.1, 0.15) is 21.5 Å². The number of hydrogen-bond acceptors (Lipinski definition) is 4. The number of rotatable bonds is 4. The number of hydrogen-bond donors (Lipinski definition) is 1. The highest BCUT2D eigenvalue weighted by Crippen LogP contribution is 2.36. The lowest BCUT2D eigenvalue weighted by Gasteiger charge is -2.43. The predicted octanol–water partition coefficient (Wildman–Crippen LogP) is 3.97. The summed E-state index contributed by atoms with van der Waals surface area (Å²) in [6, 6.07) is 13.4. The first kappa shape index (κ1) is 17.9. The Morgan fingerprint density at radius 1 is 1.26 bits per heavy atom. The van der Waals surface area contributed by atoms with Crippen LogP contribution in [0, 0.1) is 6.92 Å². The van der Waals surface area contributed by atoms with Crippen molar-refractivity contribution in [2.45, 2.75) is 12.5 Å². The lowest BCUT2D eigenvalue weighted by atomic mass is 9.85. The van der Waals surface area contributed by atoms with E-state index in [-0.39, 0.29) is 5.91 Å². The second kappa shape index (κ2) is 6.94. The summed E-state index contributed by atoms with van der Waals surface area (Å²) in [7, 11) is 1.59. The minimum atomic E-state index is -0.586. The maximum Gasteiger partial charge on any atom is 0.252 e. The fourth-order valence-corrected chi connectivity index (χ4v) is 3.85. The minimum absolute atomic E-state index is 0.147. The van der Waals surface area contributed by atoms with Crippen LogP contribution in [0.4, 0.5) is 0 Å². The molecule has 27 heavy (non-hydrogen) atoms. The van der Waals surface area contributed by atoms with Crippen LogP contribution in [0.2, 0.25) is 0 Å². The van der Waals surface area contributed by atoms with Gasteiger partial charge in [0.15, 0.2) is 0 Å². The van der Waals surface area contributed by atoms with E-state index in [2.05, 4.69) is 26.2 Å². The molecule has 1 amide bonds. The Balaban J connectivity index is 1.75. The number of amides is 1. The molecule has 2 heterocycles. The van der Waals surface area contributed by atoms with Gasteiger partial charge in [0.2, 0.25) is 0 Å². The van der Waals surface area contributed by atoms with Gasteiger partial charge in [0.25, 0.3) is 5.91 Å². The number of ether oxygens (including phenoxy) is 2. The quantitative estimate of drug-likeness (QED) is 0.685. The summed E-state index contributed by atoms with van der Waals surface area (Å²) in [4.78, 5) is 17.5. The summed E-state index contributed by atoms with van der Waals surface area (Å²) < 4.78 is 11.7. The van der Waals surface area contributed by atoms with Gasteiger partial charge in [0.05, 0.1) is 25.8 Å². The van der Waals surface area contributed by atoms with Gasteiger partial charge in [-0.25, -0.2) is 0 Å². The molecule has 0 saturated carbocycles. The van der Waals surface area contributed by atoms with Crippen molar-refractivity contribution in [3.63, 3.8) is 0 Å². The molecule has 0 spiro atoms. The van der Waals surface area contributed by atoms with Crippen molar-refractivity contribution < 1.29 is 14.3 Å². The summed E-state index contributed by atoms with van der Waals surface area (Å²) in [5.41, 5.74) is 2.78. The number of pyridine rings is 1. The number of carbonyl (C=O) groups is 1. The second-order valence-electron chi connectivity index (χ2n) is 6.73. The van der Waals surface area contributed by atoms with Crippen LogP contribution in [-0.2, 0) is 10.3 Å². The van der Waals surface area contributed by atoms with E-state index in [4.69, 9.17) is 9.47 Å². The topological polar surface area (TPSA) is 60.5 Å². The Morgan fingerprint density at radius 3 is 2.78 bits per heavy atom. The number of carbonyl (C=O) groups excluding carboxylic acids is 1. The molecule has 5 nitrogen and oxygen atoms in total. The predicted molar refractivity (Wildman–Crippen MR) is 107 cm³/mol. The molecule has 1 fully saturated rings. The van der Waals surface area contributed by atoms with Crippen LogP contribution in [0.3, 0.4) is 0 Å². The Bertz CT molecular complexity index is 1030. The molecule has 1 aliphatic rings. The monoisotopic (exact) mass is 426 g/mol. The zero-order chi connectivity index (χ0) is 19.0. The summed E-state index contributed by atoms with van der Waals surface area (Å²) in [5, 5.41) is 4.21. The number of aromatic nitrogens is 1. The van der Waals surface area contributed by atoms with Crippen molar-refractivity contribution >= 4 is 32.7 Å². The van der Waals surface area contributed by atoms with Gasteiger partial charge < -0.3 is 14.8 Å². The fourth-order valence-electron chi connectivity index (χ4n) is 3.40. The molecular weight excluding hydrogens is 408 g/mol. The van der Waals surface area contributed by atoms with Gasteiger partial charge in [-0.15, -0.1) is 0 Å². The number of benzene rings is 2. The van der Waals surface area contributed by atoms with E-state index < -0.39 is 5.54 Å². The third kappa shape index (κ3) is 3.19. The summed E-state index contributed by atoms with van der Waals surface area (Å²) in [5.74, 6) is 0.508. The van der Waals surface area contributed by atoms with E-state index in [1.807, 2.05) is 43.3 Å². The summed E-state index contributed by atoms with van der Waals surface area (Å²) in [6.07, 6.45) is 1.76. The van der Waals surface area contributed by atoms with Gasteiger partial charge >= 0.3 is 0 Å². The van der Waals surface area contributed by atoms with Crippen LogP contribution in [-0.4, -0.2) is 31.2 Å². The molecule has 3 aromatic rings. The van der Waals surface area contributed by atoms with Crippen LogP contribution in [0.5, 0.6) is 5.75 Å². The van der Waals surface area contributed by atoms with Crippen molar-refractivity contribution in [3.05, 3.63) is 69.8 Å². The molecule has 0 bridgehead atoms. The van der Waals surface area contributed by atoms with E-state index in [9.17, 15) is 4.79 Å². The molecule has 2 aromatic carbocycles. The van der Waals surface area contributed by atoms with E-state index in [0.29, 0.717) is 24.5 Å². The first-order valence-electron chi connectivity index (χ1n) is 8.62. The summed E-state index contributed by atoms with van der Waals surface area (Å²) in [6.45, 7) is 2.75. The minimum Gasteiger partial charge on any atom is -0.497 e. The third-order valence-electron chi connectivity index (χ3n) is 4.94. The SMILES string of the molecule is COc1ccc(C)c(C(=O)NC2(c3cc(Br)cc4ncccc34)COC2)c1. The molecule has 1 aliphatic heterocycles. The molecule has 1 N–H and O–H groups in total. The largest absolute Gasteiger partial charge is 0.497 e. The molecule has 1 saturated heterocycles. The number of methoxy groups -OCH3 is 1. The Labute approximate surface area is 165 Å². The Kier molecular flexibility index (Phi) is 4.61. The van der Waals surface area contributed by atoms with Gasteiger partial charge in [0, 0.05) is 21.6 Å². The normalized spacial score (nSPS) is 15.2. The van der Waals surface area contributed by atoms with E-state index in [0.717, 1.165) is 26.5 Å². The lowest BCUT2D eigenvalue weighted by molar-refractivity contribution is -0.0726. The molecular formula is C21H19BrN2O3. The summed E-state index contributed by atoms with van der Waals surface area (Å²) >= 11 is 3.56. The molecule has 138 valence electrons. The first-order valence-corrected chi connectivity index (χ1v) is 9.41. The van der Waals surface area contributed by atoms with Crippen LogP contribution in [0.25, 0.3) is 10.9 Å². The zero-order valence-electron chi connectivity index (χ0n) is 15.1. The average Bonchev–Trinajstić information content (AvgIpc) is 2.64. The second-order valence-corrected chi connectivity index (χ2v) is 7.65. The van der Waals surface area contributed by atoms with Crippen LogP contribution in [0.15, 0.2) is 53.1 Å². The highest BCUT2D eigenvalue weighted by atomic mass is 79.9. The fraction of sp³-hybridized carbons (Fsp3) is 0.238. The average molecular weight is 427 g/mol. The van der Waals surface area contributed by atoms with Crippen molar-refractivity contribution in [1.29, 1.82) is 0 Å². The number of nitrogens with zero attached hydrogens (tertiary/aromatic N) is 1. The number of fused-ring (bicyclic) bond motifs is 1. The smallest absolute Gasteiger partial charge is 0.252 e. The maximum atomic E-state index is 13.1. The number of aryl methyl sites for hydroxylation is 1. The number of nitrogens with one attached hydrogen (secondary N) is 1. The standard InChI is InChI=1S/C21H19BrN2O3/c1-13-5-6-15(26-2)10-17(13)20(25)24-21(11-27-12-21)18-8-14(22)9-19-16(18)4-3-7-23-19/h3-10H,11-12H2,1-2H3,(H,24,25). The molecule has 0 unspecified atom stereocenters. The molecule has 6 heteroatoms. The molecule has 0 radical (unpaired) electrons. The first-order chi connectivity index (χ1) is 13.0. The van der Waals surface area contributed by atoms with Crippen LogP contribution >= 0.6 is 15.9 Å². The van der Waals surface area contributed by atoms with Gasteiger partial charge in [-0.05, 0) is 48.4 Å². The van der Waals surface area contributed by atoms with Crippen molar-refractivity contribution in [2.75, 3.05) is 20.3 Å². The zero-order valence-corrected chi connectivity index (χ0v) is 16.7. The van der Waals surface area contributed by atoms with E-state index in [1.54, 1.807) is 19.4 Å². The van der Waals surface area contributed by atoms with Crippen molar-refractivity contribution in [3.8, 4) is 5.75 Å². The Morgan fingerprint density at radius 2 is 2.07 bits per heavy atom. The highest BCUT2D eigenvalue weighted by Gasteiger charge is 2.43. The van der Waals surface area contributed by atoms with Crippen molar-refractivity contribution in [2.24, 2.45) is 0 Å².